The van der Waals surface area contributed by atoms with Gasteiger partial charge in [0.15, 0.2) is 0 Å². The van der Waals surface area contributed by atoms with E-state index in [1.165, 1.54) is 6.07 Å². The van der Waals surface area contributed by atoms with Crippen molar-refractivity contribution >= 4 is 11.5 Å². The van der Waals surface area contributed by atoms with Gasteiger partial charge in [0.25, 0.3) is 5.91 Å². The van der Waals surface area contributed by atoms with Gasteiger partial charge in [0.05, 0.1) is 5.57 Å². The van der Waals surface area contributed by atoms with Gasteiger partial charge < -0.3 is 11.5 Å². The molecular formula is C9H8F3N3O. The SMILES string of the molecule is N/C=C(/C(N)=O)c1ccnc(C(F)(F)F)c1. The van der Waals surface area contributed by atoms with Crippen molar-refractivity contribution in [3.05, 3.63) is 35.8 Å². The van der Waals surface area contributed by atoms with Crippen LogP contribution in [0.3, 0.4) is 0 Å². The number of rotatable bonds is 2. The van der Waals surface area contributed by atoms with E-state index >= 15 is 0 Å². The van der Waals surface area contributed by atoms with Gasteiger partial charge in [0.2, 0.25) is 0 Å². The number of hydrogen-bond donors (Lipinski definition) is 2. The Morgan fingerprint density at radius 3 is 2.50 bits per heavy atom. The predicted molar refractivity (Wildman–Crippen MR) is 50.6 cm³/mol. The van der Waals surface area contributed by atoms with Crippen LogP contribution in [0.4, 0.5) is 13.2 Å². The van der Waals surface area contributed by atoms with E-state index in [0.717, 1.165) is 12.4 Å². The Kier molecular flexibility index (Phi) is 3.17. The summed E-state index contributed by atoms with van der Waals surface area (Å²) < 4.78 is 36.9. The number of carbonyl (C=O) groups is 1. The van der Waals surface area contributed by atoms with Crippen LogP contribution in [0.1, 0.15) is 11.3 Å². The molecule has 0 unspecified atom stereocenters. The number of carbonyl (C=O) groups excluding carboxylic acids is 1. The average molecular weight is 231 g/mol. The summed E-state index contributed by atoms with van der Waals surface area (Å²) in [4.78, 5) is 14.0. The molecule has 4 N–H and O–H groups in total. The van der Waals surface area contributed by atoms with Crippen molar-refractivity contribution in [2.75, 3.05) is 0 Å². The molecule has 86 valence electrons. The monoisotopic (exact) mass is 231 g/mol. The number of aromatic nitrogens is 1. The summed E-state index contributed by atoms with van der Waals surface area (Å²) in [6.07, 6.45) is -2.78. The van der Waals surface area contributed by atoms with E-state index in [1.54, 1.807) is 0 Å². The molecule has 0 spiro atoms. The Morgan fingerprint density at radius 1 is 1.44 bits per heavy atom. The van der Waals surface area contributed by atoms with Crippen molar-refractivity contribution in [1.82, 2.24) is 4.98 Å². The number of alkyl halides is 3. The molecule has 0 aromatic carbocycles. The van der Waals surface area contributed by atoms with Gasteiger partial charge in [-0.15, -0.1) is 0 Å². The van der Waals surface area contributed by atoms with Crippen LogP contribution in [0.25, 0.3) is 5.57 Å². The lowest BCUT2D eigenvalue weighted by atomic mass is 10.1. The zero-order valence-corrected chi connectivity index (χ0v) is 7.95. The fourth-order valence-corrected chi connectivity index (χ4v) is 1.07. The molecule has 1 rings (SSSR count). The molecule has 1 aromatic heterocycles. The first-order chi connectivity index (χ1) is 7.36. The van der Waals surface area contributed by atoms with Gasteiger partial charge in [-0.1, -0.05) is 0 Å². The van der Waals surface area contributed by atoms with E-state index in [9.17, 15) is 18.0 Å². The quantitative estimate of drug-likeness (QED) is 0.741. The van der Waals surface area contributed by atoms with Gasteiger partial charge in [-0.25, -0.2) is 0 Å². The first-order valence-corrected chi connectivity index (χ1v) is 4.11. The maximum Gasteiger partial charge on any atom is 0.433 e. The van der Waals surface area contributed by atoms with Crippen LogP contribution in [-0.2, 0) is 11.0 Å². The van der Waals surface area contributed by atoms with Crippen molar-refractivity contribution in [2.24, 2.45) is 11.5 Å². The van der Waals surface area contributed by atoms with E-state index in [4.69, 9.17) is 11.5 Å². The van der Waals surface area contributed by atoms with Crippen LogP contribution in [0.5, 0.6) is 0 Å². The zero-order valence-electron chi connectivity index (χ0n) is 7.95. The Bertz CT molecular complexity index is 440. The molecule has 16 heavy (non-hydrogen) atoms. The predicted octanol–water partition coefficient (Wildman–Crippen LogP) is 0.885. The van der Waals surface area contributed by atoms with Crippen molar-refractivity contribution in [1.29, 1.82) is 0 Å². The van der Waals surface area contributed by atoms with Crippen molar-refractivity contribution in [3.8, 4) is 0 Å². The molecule has 1 amide bonds. The highest BCUT2D eigenvalue weighted by Crippen LogP contribution is 2.28. The maximum absolute atomic E-state index is 12.3. The fourth-order valence-electron chi connectivity index (χ4n) is 1.07. The Balaban J connectivity index is 3.23. The van der Waals surface area contributed by atoms with Crippen molar-refractivity contribution < 1.29 is 18.0 Å². The minimum absolute atomic E-state index is 0.0164. The van der Waals surface area contributed by atoms with Gasteiger partial charge in [0, 0.05) is 12.4 Å². The highest BCUT2D eigenvalue weighted by molar-refractivity contribution is 6.18. The fraction of sp³-hybridized carbons (Fsp3) is 0.111. The van der Waals surface area contributed by atoms with Gasteiger partial charge in [-0.3, -0.25) is 9.78 Å². The van der Waals surface area contributed by atoms with E-state index in [1.807, 2.05) is 0 Å². The largest absolute Gasteiger partial charge is 0.433 e. The third-order valence-corrected chi connectivity index (χ3v) is 1.79. The lowest BCUT2D eigenvalue weighted by Gasteiger charge is -2.08. The lowest BCUT2D eigenvalue weighted by Crippen LogP contribution is -2.15. The molecule has 0 aliphatic heterocycles. The maximum atomic E-state index is 12.3. The first-order valence-electron chi connectivity index (χ1n) is 4.11. The van der Waals surface area contributed by atoms with Crippen LogP contribution >= 0.6 is 0 Å². The molecule has 0 saturated carbocycles. The molecule has 4 nitrogen and oxygen atoms in total. The summed E-state index contributed by atoms with van der Waals surface area (Å²) in [6.45, 7) is 0. The third kappa shape index (κ3) is 2.50. The standard InChI is InChI=1S/C9H8F3N3O/c10-9(11,12)7-3-5(1-2-15-7)6(4-13)8(14)16/h1-4H,13H2,(H2,14,16)/b6-4+. The van der Waals surface area contributed by atoms with Crippen LogP contribution in [0.15, 0.2) is 24.5 Å². The van der Waals surface area contributed by atoms with E-state index in [0.29, 0.717) is 6.07 Å². The molecule has 7 heteroatoms. The summed E-state index contributed by atoms with van der Waals surface area (Å²) in [6, 6.07) is 1.93. The number of pyridine rings is 1. The summed E-state index contributed by atoms with van der Waals surface area (Å²) in [5, 5.41) is 0. The van der Waals surface area contributed by atoms with Crippen LogP contribution < -0.4 is 11.5 Å². The number of amides is 1. The second kappa shape index (κ2) is 4.21. The Hall–Kier alpha value is -2.05. The van der Waals surface area contributed by atoms with E-state index in [-0.39, 0.29) is 11.1 Å². The minimum atomic E-state index is -4.58. The van der Waals surface area contributed by atoms with Gasteiger partial charge >= 0.3 is 6.18 Å². The third-order valence-electron chi connectivity index (χ3n) is 1.79. The van der Waals surface area contributed by atoms with E-state index in [2.05, 4.69) is 4.98 Å². The molecule has 1 aromatic rings. The molecule has 0 saturated heterocycles. The van der Waals surface area contributed by atoms with E-state index < -0.39 is 17.8 Å². The Morgan fingerprint density at radius 2 is 2.06 bits per heavy atom. The summed E-state index contributed by atoms with van der Waals surface area (Å²) in [7, 11) is 0. The zero-order chi connectivity index (χ0) is 12.3. The average Bonchev–Trinajstić information content (AvgIpc) is 2.17. The molecular weight excluding hydrogens is 223 g/mol. The molecule has 0 atom stereocenters. The lowest BCUT2D eigenvalue weighted by molar-refractivity contribution is -0.141. The van der Waals surface area contributed by atoms with Crippen LogP contribution in [0, 0.1) is 0 Å². The minimum Gasteiger partial charge on any atom is -0.404 e. The Labute approximate surface area is 88.8 Å². The number of halogens is 3. The highest BCUT2D eigenvalue weighted by Gasteiger charge is 2.32. The van der Waals surface area contributed by atoms with Crippen LogP contribution in [0.2, 0.25) is 0 Å². The summed E-state index contributed by atoms with van der Waals surface area (Å²) >= 11 is 0. The second-order valence-electron chi connectivity index (χ2n) is 2.87. The van der Waals surface area contributed by atoms with Crippen molar-refractivity contribution in [3.63, 3.8) is 0 Å². The van der Waals surface area contributed by atoms with Crippen LogP contribution in [-0.4, -0.2) is 10.9 Å². The van der Waals surface area contributed by atoms with Gasteiger partial charge in [-0.05, 0) is 17.7 Å². The topological polar surface area (TPSA) is 82.0 Å². The molecule has 0 aliphatic rings. The molecule has 0 bridgehead atoms. The summed E-state index contributed by atoms with van der Waals surface area (Å²) in [5.74, 6) is -0.901. The van der Waals surface area contributed by atoms with Gasteiger partial charge in [-0.2, -0.15) is 13.2 Å². The normalized spacial score (nSPS) is 12.6. The number of nitrogens with zero attached hydrogens (tertiary/aromatic N) is 1. The van der Waals surface area contributed by atoms with Gasteiger partial charge in [0.1, 0.15) is 5.69 Å². The second-order valence-corrected chi connectivity index (χ2v) is 2.87. The molecule has 0 aliphatic carbocycles. The van der Waals surface area contributed by atoms with Crippen molar-refractivity contribution in [2.45, 2.75) is 6.18 Å². The molecule has 0 fully saturated rings. The smallest absolute Gasteiger partial charge is 0.404 e. The summed E-state index contributed by atoms with van der Waals surface area (Å²) in [5.41, 5.74) is 8.74. The number of primary amides is 1. The molecule has 0 radical (unpaired) electrons. The highest BCUT2D eigenvalue weighted by atomic mass is 19.4. The molecule has 1 heterocycles. The first kappa shape index (κ1) is 12.0. The number of hydrogen-bond acceptors (Lipinski definition) is 3. The number of nitrogens with two attached hydrogens (primary N) is 2.